The molecule has 12 heteroatoms. The zero-order valence-electron chi connectivity index (χ0n) is 32.2. The monoisotopic (exact) mass is 748 g/mol. The van der Waals surface area contributed by atoms with Gasteiger partial charge in [0, 0.05) is 14.2 Å². The van der Waals surface area contributed by atoms with Crippen molar-refractivity contribution >= 4 is 5.78 Å². The first-order chi connectivity index (χ1) is 25.8. The summed E-state index contributed by atoms with van der Waals surface area (Å²) in [6.45, 7) is 10.9. The molecule has 0 aromatic heterocycles. The lowest BCUT2D eigenvalue weighted by Crippen LogP contribution is -2.59. The van der Waals surface area contributed by atoms with E-state index in [2.05, 4.69) is 0 Å². The van der Waals surface area contributed by atoms with E-state index in [1.807, 2.05) is 105 Å². The van der Waals surface area contributed by atoms with E-state index in [0.29, 0.717) is 0 Å². The molecule has 8 atom stereocenters. The van der Waals surface area contributed by atoms with Crippen LogP contribution in [-0.2, 0) is 62.5 Å². The number of fused-ring (bicyclic) bond motifs is 1. The second-order valence-corrected chi connectivity index (χ2v) is 15.4. The average Bonchev–Trinajstić information content (AvgIpc) is 3.81. The number of methoxy groups -OCH3 is 2. The van der Waals surface area contributed by atoms with Crippen LogP contribution in [0.2, 0.25) is 0 Å². The van der Waals surface area contributed by atoms with Crippen LogP contribution < -0.4 is 0 Å². The molecule has 4 heterocycles. The van der Waals surface area contributed by atoms with Crippen LogP contribution in [0.3, 0.4) is 0 Å². The van der Waals surface area contributed by atoms with Crippen molar-refractivity contribution in [3.05, 3.63) is 108 Å². The maximum atomic E-state index is 14.4. The Balaban J connectivity index is 1.25. The van der Waals surface area contributed by atoms with E-state index >= 15 is 0 Å². The molecule has 0 aliphatic carbocycles. The summed E-state index contributed by atoms with van der Waals surface area (Å²) in [5, 5.41) is 0. The van der Waals surface area contributed by atoms with Crippen molar-refractivity contribution in [2.75, 3.05) is 27.4 Å². The Labute approximate surface area is 317 Å². The van der Waals surface area contributed by atoms with E-state index in [-0.39, 0.29) is 13.2 Å². The Bertz CT molecular complexity index is 1600. The molecule has 0 amide bonds. The van der Waals surface area contributed by atoms with Gasteiger partial charge in [0.2, 0.25) is 12.1 Å². The number of ether oxygens (including phenoxy) is 11. The van der Waals surface area contributed by atoms with Gasteiger partial charge in [-0.3, -0.25) is 4.79 Å². The Morgan fingerprint density at radius 3 is 1.70 bits per heavy atom. The predicted molar refractivity (Wildman–Crippen MR) is 194 cm³/mol. The topological polar surface area (TPSA) is 119 Å². The number of Topliss-reactive ketones (excluding diaryl/α,β-unsaturated/α-hetero) is 1. The van der Waals surface area contributed by atoms with Crippen LogP contribution in [0.15, 0.2) is 91.0 Å². The molecule has 4 aliphatic heterocycles. The van der Waals surface area contributed by atoms with Gasteiger partial charge < -0.3 is 52.1 Å². The second-order valence-electron chi connectivity index (χ2n) is 15.4. The lowest BCUT2D eigenvalue weighted by atomic mass is 9.80. The molecular formula is C42H52O12. The maximum Gasteiger partial charge on any atom is 0.221 e. The summed E-state index contributed by atoms with van der Waals surface area (Å²) < 4.78 is 69.5. The van der Waals surface area contributed by atoms with Crippen LogP contribution in [-0.4, -0.2) is 106 Å². The molecule has 4 fully saturated rings. The Hall–Kier alpha value is -3.11. The number of hydrogen-bond donors (Lipinski definition) is 0. The van der Waals surface area contributed by atoms with Crippen molar-refractivity contribution < 1.29 is 56.9 Å². The number of carbonyl (C=O) groups excluding carboxylic acids is 1. The van der Waals surface area contributed by atoms with Gasteiger partial charge in [0.05, 0.1) is 13.2 Å². The maximum absolute atomic E-state index is 14.4. The SMILES string of the molecule is COC(OC)[C@@H]1OC(C)(C)O[C@H]1[C@H](O[C@@H]1O[C@H](COC(c2ccccc2)(c2ccccc2)c2ccccc2)[C@@H]2OC(C)(C)O[C@@H]2C1=O)[C@H]1COC(C)(C)O1. The quantitative estimate of drug-likeness (QED) is 0.163. The van der Waals surface area contributed by atoms with Crippen molar-refractivity contribution in [3.63, 3.8) is 0 Å². The third kappa shape index (κ3) is 7.80. The first-order valence-electron chi connectivity index (χ1n) is 18.5. The van der Waals surface area contributed by atoms with Crippen LogP contribution in [0.4, 0.5) is 0 Å². The summed E-state index contributed by atoms with van der Waals surface area (Å²) in [5.41, 5.74) is 1.70. The van der Waals surface area contributed by atoms with E-state index < -0.39 is 84.1 Å². The summed E-state index contributed by atoms with van der Waals surface area (Å²) >= 11 is 0. The van der Waals surface area contributed by atoms with E-state index in [4.69, 9.17) is 52.1 Å². The van der Waals surface area contributed by atoms with Gasteiger partial charge in [-0.2, -0.15) is 0 Å². The van der Waals surface area contributed by atoms with Crippen LogP contribution >= 0.6 is 0 Å². The number of hydrogen-bond acceptors (Lipinski definition) is 12. The summed E-state index contributed by atoms with van der Waals surface area (Å²) in [6, 6.07) is 30.1. The van der Waals surface area contributed by atoms with Crippen molar-refractivity contribution in [1.29, 1.82) is 0 Å². The fourth-order valence-corrected chi connectivity index (χ4v) is 7.97. The first kappa shape index (κ1) is 39.1. The van der Waals surface area contributed by atoms with Gasteiger partial charge in [-0.05, 0) is 58.2 Å². The Morgan fingerprint density at radius 2 is 1.20 bits per heavy atom. The van der Waals surface area contributed by atoms with Gasteiger partial charge in [-0.1, -0.05) is 91.0 Å². The summed E-state index contributed by atoms with van der Waals surface area (Å²) in [5.74, 6) is -3.47. The highest BCUT2D eigenvalue weighted by Gasteiger charge is 2.59. The number of rotatable bonds is 13. The summed E-state index contributed by atoms with van der Waals surface area (Å²) in [6.07, 6.45) is -8.06. The van der Waals surface area contributed by atoms with Gasteiger partial charge in [0.15, 0.2) is 29.8 Å². The largest absolute Gasteiger partial charge is 0.358 e. The second kappa shape index (κ2) is 15.4. The van der Waals surface area contributed by atoms with E-state index in [9.17, 15) is 4.79 Å². The van der Waals surface area contributed by atoms with E-state index in [0.717, 1.165) is 16.7 Å². The van der Waals surface area contributed by atoms with Crippen molar-refractivity contribution in [2.45, 2.75) is 120 Å². The predicted octanol–water partition coefficient (Wildman–Crippen LogP) is 5.48. The van der Waals surface area contributed by atoms with Gasteiger partial charge in [-0.15, -0.1) is 0 Å². The molecule has 7 rings (SSSR count). The molecule has 0 saturated carbocycles. The standard InChI is InChI=1S/C42H52O12/c1-39(2)46-25-30(50-39)32(35-36(38(44-7)45-8)54-41(5,6)53-35)49-37-31(43)34-33(51-40(3,4)52-34)29(48-37)24-47-42(26-18-12-9-13-19-26,27-20-14-10-15-21-27)28-22-16-11-17-23-28/h9-23,29-30,32-38H,24-25H2,1-8H3/t29-,30-,32-,33+,34-,35+,36-,37+/m1/s1. The molecule has 4 aliphatic rings. The Morgan fingerprint density at radius 1 is 0.685 bits per heavy atom. The molecule has 0 unspecified atom stereocenters. The highest BCUT2D eigenvalue weighted by atomic mass is 16.8. The molecular weight excluding hydrogens is 696 g/mol. The molecule has 292 valence electrons. The minimum absolute atomic E-state index is 0.00128. The molecule has 0 N–H and O–H groups in total. The van der Waals surface area contributed by atoms with Gasteiger partial charge in [0.25, 0.3) is 0 Å². The smallest absolute Gasteiger partial charge is 0.221 e. The fraction of sp³-hybridized carbons (Fsp3) is 0.548. The summed E-state index contributed by atoms with van der Waals surface area (Å²) in [4.78, 5) is 14.4. The molecule has 3 aromatic carbocycles. The van der Waals surface area contributed by atoms with Crippen molar-refractivity contribution in [2.24, 2.45) is 0 Å². The first-order valence-corrected chi connectivity index (χ1v) is 18.5. The lowest BCUT2D eigenvalue weighted by Gasteiger charge is -2.41. The fourth-order valence-electron chi connectivity index (χ4n) is 7.97. The highest BCUT2D eigenvalue weighted by molar-refractivity contribution is 5.88. The van der Waals surface area contributed by atoms with Gasteiger partial charge in [0.1, 0.15) is 42.2 Å². The molecule has 12 nitrogen and oxygen atoms in total. The van der Waals surface area contributed by atoms with Crippen molar-refractivity contribution in [1.82, 2.24) is 0 Å². The lowest BCUT2D eigenvalue weighted by molar-refractivity contribution is -0.271. The van der Waals surface area contributed by atoms with E-state index in [1.165, 1.54) is 14.2 Å². The minimum atomic E-state index is -1.43. The summed E-state index contributed by atoms with van der Waals surface area (Å²) in [7, 11) is 3.04. The molecule has 54 heavy (non-hydrogen) atoms. The van der Waals surface area contributed by atoms with Crippen LogP contribution in [0.1, 0.15) is 58.2 Å². The van der Waals surface area contributed by atoms with Crippen LogP contribution in [0.25, 0.3) is 0 Å². The zero-order valence-corrected chi connectivity index (χ0v) is 32.2. The van der Waals surface area contributed by atoms with E-state index in [1.54, 1.807) is 27.7 Å². The molecule has 3 aromatic rings. The normalized spacial score (nSPS) is 30.8. The Kier molecular flexibility index (Phi) is 11.2. The molecule has 0 radical (unpaired) electrons. The highest BCUT2D eigenvalue weighted by Crippen LogP contribution is 2.44. The van der Waals surface area contributed by atoms with Crippen molar-refractivity contribution in [3.8, 4) is 0 Å². The number of carbonyl (C=O) groups is 1. The number of ketones is 1. The third-order valence-electron chi connectivity index (χ3n) is 10.2. The number of benzene rings is 3. The molecule has 4 saturated heterocycles. The minimum Gasteiger partial charge on any atom is -0.358 e. The zero-order chi connectivity index (χ0) is 38.3. The molecule has 0 bridgehead atoms. The average molecular weight is 749 g/mol. The van der Waals surface area contributed by atoms with Gasteiger partial charge >= 0.3 is 0 Å². The van der Waals surface area contributed by atoms with Crippen LogP contribution in [0.5, 0.6) is 0 Å². The van der Waals surface area contributed by atoms with Crippen LogP contribution in [0, 0.1) is 0 Å². The van der Waals surface area contributed by atoms with Gasteiger partial charge in [-0.25, -0.2) is 0 Å². The molecule has 0 spiro atoms. The third-order valence-corrected chi connectivity index (χ3v) is 10.2.